The maximum absolute atomic E-state index is 5.89. The third kappa shape index (κ3) is 2.81. The topological polar surface area (TPSA) is 57.6 Å². The summed E-state index contributed by atoms with van der Waals surface area (Å²) in [4.78, 5) is 0. The summed E-state index contributed by atoms with van der Waals surface area (Å²) in [7, 11) is 0. The molecule has 1 aliphatic heterocycles. The highest BCUT2D eigenvalue weighted by molar-refractivity contribution is 5.02. The summed E-state index contributed by atoms with van der Waals surface area (Å²) in [6.07, 6.45) is 3.65. The second-order valence-electron chi connectivity index (χ2n) is 3.69. The number of hydrogen-bond donors (Lipinski definition) is 1. The molecule has 2 heterocycles. The van der Waals surface area contributed by atoms with E-state index in [1.54, 1.807) is 6.26 Å². The molecular formula is C11H17NO3. The molecule has 0 bridgehead atoms. The summed E-state index contributed by atoms with van der Waals surface area (Å²) in [5.74, 6) is 0.809. The van der Waals surface area contributed by atoms with E-state index in [-0.39, 0.29) is 12.2 Å². The first-order valence-electron chi connectivity index (χ1n) is 5.37. The highest BCUT2D eigenvalue weighted by atomic mass is 16.5. The Balaban J connectivity index is 1.90. The van der Waals surface area contributed by atoms with Gasteiger partial charge in [-0.3, -0.25) is 0 Å². The molecule has 2 N–H and O–H groups in total. The van der Waals surface area contributed by atoms with Crippen LogP contribution < -0.4 is 5.73 Å². The Morgan fingerprint density at radius 3 is 2.87 bits per heavy atom. The second kappa shape index (κ2) is 5.30. The van der Waals surface area contributed by atoms with Crippen LogP contribution in [0.15, 0.2) is 22.8 Å². The molecule has 0 amide bonds. The van der Waals surface area contributed by atoms with Gasteiger partial charge < -0.3 is 19.6 Å². The van der Waals surface area contributed by atoms with Gasteiger partial charge in [-0.1, -0.05) is 0 Å². The standard InChI is InChI=1S/C11H17NO3/c12-8-11(10-2-1-5-14-10)15-9-3-6-13-7-4-9/h1-2,5,9,11H,3-4,6-8,12H2. The Morgan fingerprint density at radius 1 is 1.47 bits per heavy atom. The molecule has 1 saturated heterocycles. The highest BCUT2D eigenvalue weighted by Crippen LogP contribution is 2.22. The molecule has 0 radical (unpaired) electrons. The lowest BCUT2D eigenvalue weighted by Crippen LogP contribution is -2.27. The monoisotopic (exact) mass is 211 g/mol. The molecule has 1 aromatic rings. The Labute approximate surface area is 89.3 Å². The lowest BCUT2D eigenvalue weighted by atomic mass is 10.1. The number of hydrogen-bond acceptors (Lipinski definition) is 4. The molecule has 0 saturated carbocycles. The average Bonchev–Trinajstić information content (AvgIpc) is 2.81. The molecule has 4 nitrogen and oxygen atoms in total. The molecular weight excluding hydrogens is 194 g/mol. The van der Waals surface area contributed by atoms with Gasteiger partial charge in [0.15, 0.2) is 0 Å². The van der Waals surface area contributed by atoms with E-state index >= 15 is 0 Å². The van der Waals surface area contributed by atoms with Crippen molar-refractivity contribution in [2.24, 2.45) is 5.73 Å². The zero-order valence-electron chi connectivity index (χ0n) is 8.72. The van der Waals surface area contributed by atoms with Crippen molar-refractivity contribution in [1.82, 2.24) is 0 Å². The molecule has 0 aromatic carbocycles. The van der Waals surface area contributed by atoms with E-state index in [1.165, 1.54) is 0 Å². The van der Waals surface area contributed by atoms with Crippen LogP contribution in [0, 0.1) is 0 Å². The van der Waals surface area contributed by atoms with Gasteiger partial charge in [-0.15, -0.1) is 0 Å². The van der Waals surface area contributed by atoms with Crippen LogP contribution in [0.1, 0.15) is 24.7 Å². The largest absolute Gasteiger partial charge is 0.467 e. The van der Waals surface area contributed by atoms with Gasteiger partial charge >= 0.3 is 0 Å². The Bertz CT molecular complexity index is 267. The van der Waals surface area contributed by atoms with Crippen molar-refractivity contribution in [1.29, 1.82) is 0 Å². The summed E-state index contributed by atoms with van der Waals surface area (Å²) in [6.45, 7) is 2.01. The fourth-order valence-corrected chi connectivity index (χ4v) is 1.76. The van der Waals surface area contributed by atoms with Gasteiger partial charge in [0, 0.05) is 19.8 Å². The average molecular weight is 211 g/mol. The zero-order chi connectivity index (χ0) is 10.5. The molecule has 0 aliphatic carbocycles. The SMILES string of the molecule is NCC(OC1CCOCC1)c1ccco1. The highest BCUT2D eigenvalue weighted by Gasteiger charge is 2.21. The maximum atomic E-state index is 5.89. The summed E-state index contributed by atoms with van der Waals surface area (Å²) < 4.78 is 16.4. The Kier molecular flexibility index (Phi) is 3.77. The van der Waals surface area contributed by atoms with Crippen LogP contribution in [0.4, 0.5) is 0 Å². The van der Waals surface area contributed by atoms with Crippen LogP contribution in [0.25, 0.3) is 0 Å². The van der Waals surface area contributed by atoms with Crippen LogP contribution in [0.2, 0.25) is 0 Å². The minimum atomic E-state index is -0.122. The second-order valence-corrected chi connectivity index (χ2v) is 3.69. The van der Waals surface area contributed by atoms with E-state index in [9.17, 15) is 0 Å². The van der Waals surface area contributed by atoms with Crippen molar-refractivity contribution >= 4 is 0 Å². The molecule has 1 atom stereocenters. The van der Waals surface area contributed by atoms with Gasteiger partial charge in [0.05, 0.1) is 12.4 Å². The minimum absolute atomic E-state index is 0.122. The van der Waals surface area contributed by atoms with Crippen molar-refractivity contribution in [2.75, 3.05) is 19.8 Å². The van der Waals surface area contributed by atoms with Gasteiger partial charge in [0.2, 0.25) is 0 Å². The van der Waals surface area contributed by atoms with E-state index in [4.69, 9.17) is 19.6 Å². The molecule has 1 fully saturated rings. The van der Waals surface area contributed by atoms with E-state index in [1.807, 2.05) is 12.1 Å². The summed E-state index contributed by atoms with van der Waals surface area (Å²) in [5, 5.41) is 0. The normalized spacial score (nSPS) is 20.3. The smallest absolute Gasteiger partial charge is 0.133 e. The van der Waals surface area contributed by atoms with E-state index in [0.29, 0.717) is 6.54 Å². The van der Waals surface area contributed by atoms with Crippen molar-refractivity contribution in [3.05, 3.63) is 24.2 Å². The van der Waals surface area contributed by atoms with E-state index in [0.717, 1.165) is 31.8 Å². The van der Waals surface area contributed by atoms with Gasteiger partial charge in [0.1, 0.15) is 11.9 Å². The molecule has 1 aliphatic rings. The van der Waals surface area contributed by atoms with Crippen molar-refractivity contribution in [2.45, 2.75) is 25.0 Å². The molecule has 0 spiro atoms. The van der Waals surface area contributed by atoms with Crippen molar-refractivity contribution in [3.63, 3.8) is 0 Å². The molecule has 1 unspecified atom stereocenters. The van der Waals surface area contributed by atoms with Crippen LogP contribution in [-0.2, 0) is 9.47 Å². The summed E-state index contributed by atoms with van der Waals surface area (Å²) in [6, 6.07) is 3.75. The van der Waals surface area contributed by atoms with Crippen LogP contribution in [0.3, 0.4) is 0 Å². The fraction of sp³-hybridized carbons (Fsp3) is 0.636. The maximum Gasteiger partial charge on any atom is 0.133 e. The first kappa shape index (κ1) is 10.7. The minimum Gasteiger partial charge on any atom is -0.467 e. The van der Waals surface area contributed by atoms with Gasteiger partial charge in [0.25, 0.3) is 0 Å². The van der Waals surface area contributed by atoms with Crippen LogP contribution >= 0.6 is 0 Å². The van der Waals surface area contributed by atoms with Crippen LogP contribution in [-0.4, -0.2) is 25.9 Å². The predicted octanol–water partition coefficient (Wildman–Crippen LogP) is 1.47. The number of furan rings is 1. The lowest BCUT2D eigenvalue weighted by Gasteiger charge is -2.26. The molecule has 1 aromatic heterocycles. The first-order chi connectivity index (χ1) is 7.40. The predicted molar refractivity (Wildman–Crippen MR) is 55.4 cm³/mol. The third-order valence-electron chi connectivity index (χ3n) is 2.60. The summed E-state index contributed by atoms with van der Waals surface area (Å²) in [5.41, 5.74) is 5.66. The van der Waals surface area contributed by atoms with Gasteiger partial charge in [-0.25, -0.2) is 0 Å². The molecule has 15 heavy (non-hydrogen) atoms. The van der Waals surface area contributed by atoms with Crippen LogP contribution in [0.5, 0.6) is 0 Å². The first-order valence-corrected chi connectivity index (χ1v) is 5.37. The quantitative estimate of drug-likeness (QED) is 0.819. The number of rotatable bonds is 4. The molecule has 4 heteroatoms. The Hall–Kier alpha value is -0.840. The Morgan fingerprint density at radius 2 is 2.27 bits per heavy atom. The van der Waals surface area contributed by atoms with E-state index in [2.05, 4.69) is 0 Å². The zero-order valence-corrected chi connectivity index (χ0v) is 8.72. The fourth-order valence-electron chi connectivity index (χ4n) is 1.76. The van der Waals surface area contributed by atoms with Gasteiger partial charge in [-0.2, -0.15) is 0 Å². The number of nitrogens with two attached hydrogens (primary N) is 1. The van der Waals surface area contributed by atoms with Crippen molar-refractivity contribution in [3.8, 4) is 0 Å². The number of ether oxygens (including phenoxy) is 2. The lowest BCUT2D eigenvalue weighted by molar-refractivity contribution is -0.0724. The van der Waals surface area contributed by atoms with E-state index < -0.39 is 0 Å². The van der Waals surface area contributed by atoms with Gasteiger partial charge in [-0.05, 0) is 25.0 Å². The van der Waals surface area contributed by atoms with Crippen molar-refractivity contribution < 1.29 is 13.9 Å². The summed E-state index contributed by atoms with van der Waals surface area (Å²) >= 11 is 0. The molecule has 84 valence electrons. The molecule has 2 rings (SSSR count). The third-order valence-corrected chi connectivity index (χ3v) is 2.60.